The maximum absolute atomic E-state index is 14.9. The number of H-pyrrole nitrogens is 1. The molecule has 9 heteroatoms. The van der Waals surface area contributed by atoms with Crippen LogP contribution in [-0.4, -0.2) is 35.9 Å². The summed E-state index contributed by atoms with van der Waals surface area (Å²) in [5.74, 6) is -2.64. The van der Waals surface area contributed by atoms with Gasteiger partial charge in [0.25, 0.3) is 0 Å². The SMILES string of the molecule is COC(=O)OCC(c1c(F)c(I)cc2c(=O)c(C(=O)O)c[nH]c12)C(C)C. The van der Waals surface area contributed by atoms with Gasteiger partial charge in [-0.2, -0.15) is 0 Å². The molecule has 0 saturated heterocycles. The number of nitrogens with one attached hydrogen (secondary N) is 1. The predicted octanol–water partition coefficient (Wildman–Crippen LogP) is 3.49. The molecule has 1 unspecified atom stereocenters. The molecule has 0 saturated carbocycles. The van der Waals surface area contributed by atoms with Crippen molar-refractivity contribution in [2.75, 3.05) is 13.7 Å². The van der Waals surface area contributed by atoms with Crippen LogP contribution in [0.4, 0.5) is 9.18 Å². The lowest BCUT2D eigenvalue weighted by molar-refractivity contribution is 0.0633. The Kier molecular flexibility index (Phi) is 6.21. The van der Waals surface area contributed by atoms with Gasteiger partial charge in [0.2, 0.25) is 5.43 Å². The highest BCUT2D eigenvalue weighted by Crippen LogP contribution is 2.34. The number of ether oxygens (including phenoxy) is 2. The van der Waals surface area contributed by atoms with E-state index in [0.717, 1.165) is 6.20 Å². The lowest BCUT2D eigenvalue weighted by atomic mass is 9.87. The molecular formula is C17H17FINO6. The third-order valence-corrected chi connectivity index (χ3v) is 4.84. The molecule has 0 aliphatic rings. The maximum atomic E-state index is 14.9. The molecule has 0 radical (unpaired) electrons. The zero-order chi connectivity index (χ0) is 19.6. The standard InChI is InChI=1S/C17H17FINO6/c1-7(2)10(6-26-17(24)25-3)12-13(18)11(19)4-8-14(12)20-5-9(15(8)21)16(22)23/h4-5,7,10H,6H2,1-3H3,(H,20,21)(H,22,23). The molecule has 140 valence electrons. The van der Waals surface area contributed by atoms with Crippen molar-refractivity contribution in [1.82, 2.24) is 4.98 Å². The molecule has 1 aromatic heterocycles. The number of carboxylic acid groups (broad SMARTS) is 1. The van der Waals surface area contributed by atoms with Crippen molar-refractivity contribution in [3.8, 4) is 0 Å². The zero-order valence-electron chi connectivity index (χ0n) is 14.3. The second-order valence-corrected chi connectivity index (χ2v) is 7.12. The smallest absolute Gasteiger partial charge is 0.477 e. The van der Waals surface area contributed by atoms with Gasteiger partial charge in [0.05, 0.1) is 12.6 Å². The molecule has 26 heavy (non-hydrogen) atoms. The highest BCUT2D eigenvalue weighted by Gasteiger charge is 2.27. The first-order valence-corrected chi connectivity index (χ1v) is 8.74. The third kappa shape index (κ3) is 3.81. The average molecular weight is 477 g/mol. The molecule has 0 spiro atoms. The van der Waals surface area contributed by atoms with Gasteiger partial charge in [-0.05, 0) is 34.6 Å². The Morgan fingerprint density at radius 2 is 2.04 bits per heavy atom. The predicted molar refractivity (Wildman–Crippen MR) is 100 cm³/mol. The van der Waals surface area contributed by atoms with Crippen molar-refractivity contribution in [3.63, 3.8) is 0 Å². The summed E-state index contributed by atoms with van der Waals surface area (Å²) in [4.78, 5) is 37.7. The van der Waals surface area contributed by atoms with Crippen molar-refractivity contribution in [2.24, 2.45) is 5.92 Å². The Morgan fingerprint density at radius 3 is 2.58 bits per heavy atom. The normalized spacial score (nSPS) is 12.2. The Balaban J connectivity index is 2.72. The first kappa shape index (κ1) is 20.1. The monoisotopic (exact) mass is 477 g/mol. The number of rotatable bonds is 5. The summed E-state index contributed by atoms with van der Waals surface area (Å²) in [7, 11) is 1.17. The minimum atomic E-state index is -1.37. The molecule has 2 aromatic rings. The summed E-state index contributed by atoms with van der Waals surface area (Å²) in [5.41, 5.74) is -0.788. The van der Waals surface area contributed by atoms with Gasteiger partial charge in [-0.15, -0.1) is 0 Å². The zero-order valence-corrected chi connectivity index (χ0v) is 16.4. The van der Waals surface area contributed by atoms with Gasteiger partial charge >= 0.3 is 12.1 Å². The number of hydrogen-bond acceptors (Lipinski definition) is 5. The molecule has 1 atom stereocenters. The Labute approximate surface area is 161 Å². The molecule has 1 aromatic carbocycles. The van der Waals surface area contributed by atoms with E-state index in [1.165, 1.54) is 13.2 Å². The number of fused-ring (bicyclic) bond motifs is 1. The van der Waals surface area contributed by atoms with Crippen molar-refractivity contribution in [3.05, 3.63) is 43.0 Å². The molecule has 0 amide bonds. The van der Waals surface area contributed by atoms with Crippen LogP contribution in [0.5, 0.6) is 0 Å². The van der Waals surface area contributed by atoms with Crippen molar-refractivity contribution in [2.45, 2.75) is 19.8 Å². The average Bonchev–Trinajstić information content (AvgIpc) is 2.58. The lowest BCUT2D eigenvalue weighted by Crippen LogP contribution is -2.22. The number of methoxy groups -OCH3 is 1. The Bertz CT molecular complexity index is 924. The number of aromatic amines is 1. The van der Waals surface area contributed by atoms with Crippen LogP contribution in [0.15, 0.2) is 17.1 Å². The summed E-state index contributed by atoms with van der Waals surface area (Å²) >= 11 is 1.74. The molecule has 1 heterocycles. The quantitative estimate of drug-likeness (QED) is 0.505. The van der Waals surface area contributed by atoms with E-state index < -0.39 is 34.9 Å². The van der Waals surface area contributed by atoms with E-state index in [0.29, 0.717) is 0 Å². The van der Waals surface area contributed by atoms with E-state index in [9.17, 15) is 18.8 Å². The summed E-state index contributed by atoms with van der Waals surface area (Å²) in [6.45, 7) is 3.49. The van der Waals surface area contributed by atoms with E-state index in [4.69, 9.17) is 9.84 Å². The van der Waals surface area contributed by atoms with Crippen LogP contribution < -0.4 is 5.43 Å². The fraction of sp³-hybridized carbons (Fsp3) is 0.353. The van der Waals surface area contributed by atoms with E-state index in [2.05, 4.69) is 9.72 Å². The molecule has 7 nitrogen and oxygen atoms in total. The molecule has 2 N–H and O–H groups in total. The van der Waals surface area contributed by atoms with Crippen LogP contribution in [0.3, 0.4) is 0 Å². The summed E-state index contributed by atoms with van der Waals surface area (Å²) in [6.07, 6.45) is 0.147. The minimum Gasteiger partial charge on any atom is -0.477 e. The number of aromatic nitrogens is 1. The molecular weight excluding hydrogens is 460 g/mol. The number of halogens is 2. The van der Waals surface area contributed by atoms with Crippen LogP contribution in [0, 0.1) is 15.3 Å². The number of carbonyl (C=O) groups excluding carboxylic acids is 1. The van der Waals surface area contributed by atoms with E-state index in [1.807, 2.05) is 13.8 Å². The number of aromatic carboxylic acids is 1. The van der Waals surface area contributed by atoms with Gasteiger partial charge in [-0.1, -0.05) is 13.8 Å². The molecule has 0 aliphatic heterocycles. The first-order chi connectivity index (χ1) is 12.2. The van der Waals surface area contributed by atoms with Crippen molar-refractivity contribution >= 4 is 45.6 Å². The van der Waals surface area contributed by atoms with Crippen LogP contribution in [0.25, 0.3) is 10.9 Å². The Morgan fingerprint density at radius 1 is 1.38 bits per heavy atom. The van der Waals surface area contributed by atoms with Crippen molar-refractivity contribution in [1.29, 1.82) is 0 Å². The topological polar surface area (TPSA) is 106 Å². The highest BCUT2D eigenvalue weighted by molar-refractivity contribution is 14.1. The van der Waals surface area contributed by atoms with E-state index >= 15 is 0 Å². The van der Waals surface area contributed by atoms with Crippen LogP contribution in [-0.2, 0) is 9.47 Å². The van der Waals surface area contributed by atoms with Crippen molar-refractivity contribution < 1.29 is 28.6 Å². The molecule has 0 bridgehead atoms. The van der Waals surface area contributed by atoms with Gasteiger partial charge in [-0.3, -0.25) is 4.79 Å². The van der Waals surface area contributed by atoms with Crippen LogP contribution >= 0.6 is 22.6 Å². The second-order valence-electron chi connectivity index (χ2n) is 5.96. The largest absolute Gasteiger partial charge is 0.507 e. The second kappa shape index (κ2) is 8.02. The first-order valence-electron chi connectivity index (χ1n) is 7.66. The van der Waals surface area contributed by atoms with Gasteiger partial charge in [0.1, 0.15) is 18.0 Å². The Hall–Kier alpha value is -2.17. The molecule has 0 aliphatic carbocycles. The summed E-state index contributed by atoms with van der Waals surface area (Å²) < 4.78 is 24.5. The van der Waals surface area contributed by atoms with E-state index in [-0.39, 0.29) is 32.6 Å². The van der Waals surface area contributed by atoms with Gasteiger partial charge in [0.15, 0.2) is 0 Å². The summed E-state index contributed by atoms with van der Waals surface area (Å²) in [5, 5.41) is 9.19. The molecule has 0 fully saturated rings. The van der Waals surface area contributed by atoms with E-state index in [1.54, 1.807) is 22.6 Å². The number of pyridine rings is 1. The number of hydrogen-bond donors (Lipinski definition) is 2. The lowest BCUT2D eigenvalue weighted by Gasteiger charge is -2.23. The van der Waals surface area contributed by atoms with Gasteiger partial charge in [-0.25, -0.2) is 14.0 Å². The fourth-order valence-electron chi connectivity index (χ4n) is 2.67. The summed E-state index contributed by atoms with van der Waals surface area (Å²) in [6, 6.07) is 1.30. The fourth-order valence-corrected chi connectivity index (χ4v) is 3.27. The van der Waals surface area contributed by atoms with Crippen LogP contribution in [0.1, 0.15) is 35.7 Å². The maximum Gasteiger partial charge on any atom is 0.507 e. The number of carboxylic acids is 1. The van der Waals surface area contributed by atoms with Crippen LogP contribution in [0.2, 0.25) is 0 Å². The third-order valence-electron chi connectivity index (χ3n) is 4.06. The molecule has 2 rings (SSSR count). The van der Waals surface area contributed by atoms with Gasteiger partial charge < -0.3 is 19.6 Å². The number of benzene rings is 1. The minimum absolute atomic E-state index is 0.0643. The number of carbonyl (C=O) groups is 2. The highest BCUT2D eigenvalue weighted by atomic mass is 127. The van der Waals surface area contributed by atoms with Gasteiger partial charge in [0, 0.05) is 26.6 Å².